The zero-order valence-electron chi connectivity index (χ0n) is 12.1. The van der Waals surface area contributed by atoms with Gasteiger partial charge in [-0.05, 0) is 33.3 Å². The molecular weight excluding hydrogens is 304 g/mol. The van der Waals surface area contributed by atoms with E-state index in [1.807, 2.05) is 22.9 Å². The first-order chi connectivity index (χ1) is 10.9. The van der Waals surface area contributed by atoms with E-state index in [0.717, 1.165) is 0 Å². The van der Waals surface area contributed by atoms with Crippen molar-refractivity contribution in [1.82, 2.24) is 0 Å². The topological polar surface area (TPSA) is 0 Å². The number of rotatable bonds is 2. The number of thiophene rings is 2. The molecule has 0 aliphatic heterocycles. The van der Waals surface area contributed by atoms with Crippen molar-refractivity contribution >= 4 is 22.7 Å². The molecule has 2 heteroatoms. The van der Waals surface area contributed by atoms with Gasteiger partial charge in [-0.2, -0.15) is 11.3 Å². The lowest BCUT2D eigenvalue weighted by Crippen LogP contribution is -1.77. The van der Waals surface area contributed by atoms with Gasteiger partial charge in [0.2, 0.25) is 0 Å². The second kappa shape index (κ2) is 7.74. The predicted molar refractivity (Wildman–Crippen MR) is 99.5 cm³/mol. The Kier molecular flexibility index (Phi) is 5.19. The van der Waals surface area contributed by atoms with Crippen LogP contribution in [0.5, 0.6) is 0 Å². The molecule has 0 aliphatic carbocycles. The third kappa shape index (κ3) is 3.73. The minimum Gasteiger partial charge on any atom is -0.152 e. The van der Waals surface area contributed by atoms with Crippen LogP contribution in [0.25, 0.3) is 21.6 Å². The minimum absolute atomic E-state index is 1.28. The number of benzene rings is 2. The summed E-state index contributed by atoms with van der Waals surface area (Å²) in [5, 5.41) is 6.24. The normalized spacial score (nSPS) is 9.82. The van der Waals surface area contributed by atoms with Gasteiger partial charge >= 0.3 is 0 Å². The van der Waals surface area contributed by atoms with E-state index in [0.29, 0.717) is 0 Å². The summed E-state index contributed by atoms with van der Waals surface area (Å²) in [7, 11) is 0. The fourth-order valence-electron chi connectivity index (χ4n) is 2.19. The molecule has 0 radical (unpaired) electrons. The Morgan fingerprint density at radius 1 is 0.500 bits per heavy atom. The van der Waals surface area contributed by atoms with Gasteiger partial charge in [-0.15, -0.1) is 11.3 Å². The van der Waals surface area contributed by atoms with Crippen LogP contribution in [-0.4, -0.2) is 0 Å². The Hall–Kier alpha value is -2.16. The van der Waals surface area contributed by atoms with E-state index in [-0.39, 0.29) is 0 Å². The van der Waals surface area contributed by atoms with Gasteiger partial charge in [0.1, 0.15) is 0 Å². The van der Waals surface area contributed by atoms with Gasteiger partial charge in [0, 0.05) is 10.4 Å². The smallest absolute Gasteiger partial charge is 0.0421 e. The van der Waals surface area contributed by atoms with Gasteiger partial charge in [-0.25, -0.2) is 0 Å². The Morgan fingerprint density at radius 3 is 1.64 bits per heavy atom. The number of hydrogen-bond donors (Lipinski definition) is 0. The Morgan fingerprint density at radius 2 is 1.09 bits per heavy atom. The average Bonchev–Trinajstić information content (AvgIpc) is 3.31. The fraction of sp³-hybridized carbons (Fsp3) is 0. The van der Waals surface area contributed by atoms with Crippen LogP contribution in [0.1, 0.15) is 0 Å². The van der Waals surface area contributed by atoms with Crippen molar-refractivity contribution in [2.24, 2.45) is 0 Å². The van der Waals surface area contributed by atoms with Crippen molar-refractivity contribution in [3.05, 3.63) is 95.0 Å². The summed E-state index contributed by atoms with van der Waals surface area (Å²) in [6.07, 6.45) is 0. The molecule has 108 valence electrons. The zero-order valence-corrected chi connectivity index (χ0v) is 13.7. The van der Waals surface area contributed by atoms with Crippen LogP contribution >= 0.6 is 22.7 Å². The first-order valence-electron chi connectivity index (χ1n) is 7.10. The molecule has 0 atom stereocenters. The van der Waals surface area contributed by atoms with E-state index in [1.165, 1.54) is 21.6 Å². The molecular formula is C20H16S2. The standard InChI is InChI=1S/C16H12S.C4H4S/c1-3-7-13(8-4-1)15-11-12-17-16(15)14-9-5-2-6-10-14;1-2-4-5-3-1/h1-12H;1-4H. The zero-order chi connectivity index (χ0) is 15.0. The predicted octanol–water partition coefficient (Wildman–Crippen LogP) is 6.83. The van der Waals surface area contributed by atoms with E-state index in [2.05, 4.69) is 72.1 Å². The fourth-order valence-corrected chi connectivity index (χ4v) is 3.57. The lowest BCUT2D eigenvalue weighted by atomic mass is 10.0. The molecule has 4 aromatic rings. The van der Waals surface area contributed by atoms with Crippen molar-refractivity contribution in [2.75, 3.05) is 0 Å². The van der Waals surface area contributed by atoms with Crippen LogP contribution < -0.4 is 0 Å². The maximum absolute atomic E-state index is 2.20. The van der Waals surface area contributed by atoms with Gasteiger partial charge in [0.05, 0.1) is 0 Å². The van der Waals surface area contributed by atoms with Crippen molar-refractivity contribution in [2.45, 2.75) is 0 Å². The SMILES string of the molecule is c1ccc(-c2ccsc2-c2ccccc2)cc1.c1ccsc1. The molecule has 2 heterocycles. The highest BCUT2D eigenvalue weighted by molar-refractivity contribution is 7.14. The first kappa shape index (κ1) is 14.8. The molecule has 0 amide bonds. The van der Waals surface area contributed by atoms with E-state index < -0.39 is 0 Å². The second-order valence-electron chi connectivity index (χ2n) is 4.69. The third-order valence-electron chi connectivity index (χ3n) is 3.21. The van der Waals surface area contributed by atoms with Crippen LogP contribution in [0.4, 0.5) is 0 Å². The maximum atomic E-state index is 2.20. The van der Waals surface area contributed by atoms with E-state index in [4.69, 9.17) is 0 Å². The molecule has 0 fully saturated rings. The molecule has 0 N–H and O–H groups in total. The van der Waals surface area contributed by atoms with Gasteiger partial charge in [-0.3, -0.25) is 0 Å². The van der Waals surface area contributed by atoms with Gasteiger partial charge in [0.15, 0.2) is 0 Å². The summed E-state index contributed by atoms with van der Waals surface area (Å²) >= 11 is 3.51. The van der Waals surface area contributed by atoms with Crippen molar-refractivity contribution in [3.63, 3.8) is 0 Å². The van der Waals surface area contributed by atoms with Gasteiger partial charge in [-0.1, -0.05) is 72.8 Å². The lowest BCUT2D eigenvalue weighted by Gasteiger charge is -2.03. The highest BCUT2D eigenvalue weighted by Crippen LogP contribution is 2.36. The first-order valence-corrected chi connectivity index (χ1v) is 8.93. The van der Waals surface area contributed by atoms with Crippen LogP contribution in [0.3, 0.4) is 0 Å². The largest absolute Gasteiger partial charge is 0.152 e. The molecule has 22 heavy (non-hydrogen) atoms. The molecule has 0 saturated carbocycles. The Balaban J connectivity index is 0.000000246. The lowest BCUT2D eigenvalue weighted by molar-refractivity contribution is 1.65. The molecule has 0 saturated heterocycles. The monoisotopic (exact) mass is 320 g/mol. The minimum atomic E-state index is 1.28. The van der Waals surface area contributed by atoms with E-state index in [1.54, 1.807) is 22.7 Å². The Labute approximate surface area is 139 Å². The van der Waals surface area contributed by atoms with Crippen molar-refractivity contribution in [1.29, 1.82) is 0 Å². The van der Waals surface area contributed by atoms with Gasteiger partial charge < -0.3 is 0 Å². The molecule has 0 bridgehead atoms. The molecule has 0 spiro atoms. The molecule has 0 aliphatic rings. The van der Waals surface area contributed by atoms with E-state index in [9.17, 15) is 0 Å². The van der Waals surface area contributed by atoms with Gasteiger partial charge in [0.25, 0.3) is 0 Å². The van der Waals surface area contributed by atoms with Crippen LogP contribution in [0.2, 0.25) is 0 Å². The molecule has 2 aromatic heterocycles. The van der Waals surface area contributed by atoms with Crippen molar-refractivity contribution in [3.8, 4) is 21.6 Å². The highest BCUT2D eigenvalue weighted by atomic mass is 32.1. The van der Waals surface area contributed by atoms with Crippen LogP contribution in [0, 0.1) is 0 Å². The van der Waals surface area contributed by atoms with Crippen LogP contribution in [-0.2, 0) is 0 Å². The maximum Gasteiger partial charge on any atom is 0.0421 e. The summed E-state index contributed by atoms with van der Waals surface area (Å²) in [5.74, 6) is 0. The number of hydrogen-bond acceptors (Lipinski definition) is 2. The van der Waals surface area contributed by atoms with E-state index >= 15 is 0 Å². The molecule has 0 unspecified atom stereocenters. The summed E-state index contributed by atoms with van der Waals surface area (Å²) < 4.78 is 0. The summed E-state index contributed by atoms with van der Waals surface area (Å²) in [5.41, 5.74) is 3.90. The van der Waals surface area contributed by atoms with Crippen LogP contribution in [0.15, 0.2) is 95.0 Å². The summed E-state index contributed by atoms with van der Waals surface area (Å²) in [6.45, 7) is 0. The Bertz CT molecular complexity index is 698. The summed E-state index contributed by atoms with van der Waals surface area (Å²) in [6, 6.07) is 27.3. The third-order valence-corrected chi connectivity index (χ3v) is 4.80. The average molecular weight is 320 g/mol. The molecule has 4 rings (SSSR count). The molecule has 2 aromatic carbocycles. The molecule has 0 nitrogen and oxygen atoms in total. The summed E-state index contributed by atoms with van der Waals surface area (Å²) in [4.78, 5) is 1.34. The quantitative estimate of drug-likeness (QED) is 0.380. The van der Waals surface area contributed by atoms with Crippen molar-refractivity contribution < 1.29 is 0 Å². The second-order valence-corrected chi connectivity index (χ2v) is 6.42. The highest BCUT2D eigenvalue weighted by Gasteiger charge is 2.07.